The van der Waals surface area contributed by atoms with Gasteiger partial charge in [-0.15, -0.1) is 0 Å². The number of hydrogen-bond donors (Lipinski definition) is 1. The number of rotatable bonds is 9. The monoisotopic (exact) mass is 569 g/mol. The van der Waals surface area contributed by atoms with Gasteiger partial charge in [0.2, 0.25) is 5.91 Å². The molecule has 1 aliphatic carbocycles. The van der Waals surface area contributed by atoms with E-state index in [1.807, 2.05) is 31.2 Å². The first-order valence-electron chi connectivity index (χ1n) is 14.2. The highest BCUT2D eigenvalue weighted by molar-refractivity contribution is 6.30. The van der Waals surface area contributed by atoms with Gasteiger partial charge in [-0.2, -0.15) is 0 Å². The maximum absolute atomic E-state index is 12.2. The highest BCUT2D eigenvalue weighted by Gasteiger charge is 2.25. The van der Waals surface area contributed by atoms with Crippen molar-refractivity contribution in [3.05, 3.63) is 118 Å². The standard InChI is InChI=1S/C34H36ClN3O3/c1-3-32(39)37(4-2)22-24-5-16-31-27(21-24)6-7-28(33(31)25-8-12-29(35)13-9-25)23-36-17-19-38(20-18-36)30-14-10-26(11-15-30)34(40)41/h3,5,8-16,21H,1,4,6-7,17-20,22-23H2,2H3,(H,40,41). The fourth-order valence-electron chi connectivity index (χ4n) is 5.88. The Balaban J connectivity index is 1.36. The summed E-state index contributed by atoms with van der Waals surface area (Å²) in [6.45, 7) is 11.4. The molecule has 6 nitrogen and oxygen atoms in total. The van der Waals surface area contributed by atoms with Gasteiger partial charge in [-0.3, -0.25) is 9.69 Å². The molecule has 5 rings (SSSR count). The number of likely N-dealkylation sites (N-methyl/N-ethyl adjacent to an activating group) is 1. The minimum atomic E-state index is -0.901. The number of carboxylic acid groups (broad SMARTS) is 1. The van der Waals surface area contributed by atoms with Gasteiger partial charge in [0.15, 0.2) is 0 Å². The molecule has 0 bridgehead atoms. The van der Waals surface area contributed by atoms with Crippen molar-refractivity contribution in [2.24, 2.45) is 0 Å². The SMILES string of the molecule is C=CC(=O)N(CC)Cc1ccc2c(c1)CCC(CN1CCN(c3ccc(C(=O)O)cc3)CC1)=C2c1ccc(Cl)cc1. The largest absolute Gasteiger partial charge is 0.478 e. The van der Waals surface area contributed by atoms with Crippen LogP contribution in [0, 0.1) is 0 Å². The van der Waals surface area contributed by atoms with Crippen molar-refractivity contribution in [2.45, 2.75) is 26.3 Å². The molecule has 0 unspecified atom stereocenters. The van der Waals surface area contributed by atoms with Gasteiger partial charge in [0.05, 0.1) is 5.56 Å². The predicted octanol–water partition coefficient (Wildman–Crippen LogP) is 6.14. The number of halogens is 1. The predicted molar refractivity (Wildman–Crippen MR) is 166 cm³/mol. The van der Waals surface area contributed by atoms with E-state index >= 15 is 0 Å². The lowest BCUT2D eigenvalue weighted by atomic mass is 9.81. The molecule has 1 aliphatic heterocycles. The third kappa shape index (κ3) is 6.55. The molecule has 0 aromatic heterocycles. The van der Waals surface area contributed by atoms with Gasteiger partial charge in [0, 0.05) is 56.5 Å². The number of aromatic carboxylic acids is 1. The second-order valence-corrected chi connectivity index (χ2v) is 11.1. The lowest BCUT2D eigenvalue weighted by Gasteiger charge is -2.37. The Morgan fingerprint density at radius 1 is 0.976 bits per heavy atom. The molecule has 0 atom stereocenters. The molecule has 1 amide bonds. The summed E-state index contributed by atoms with van der Waals surface area (Å²) in [5, 5.41) is 9.92. The molecule has 3 aromatic rings. The molecule has 41 heavy (non-hydrogen) atoms. The minimum absolute atomic E-state index is 0.0494. The number of anilines is 1. The second-order valence-electron chi connectivity index (χ2n) is 10.6. The number of carbonyl (C=O) groups excluding carboxylic acids is 1. The van der Waals surface area contributed by atoms with Crippen LogP contribution in [0.25, 0.3) is 5.57 Å². The van der Waals surface area contributed by atoms with Crippen LogP contribution in [0.15, 0.2) is 85.0 Å². The van der Waals surface area contributed by atoms with Crippen LogP contribution in [0.2, 0.25) is 5.02 Å². The summed E-state index contributed by atoms with van der Waals surface area (Å²) in [5.74, 6) is -0.950. The van der Waals surface area contributed by atoms with Crippen molar-refractivity contribution in [3.8, 4) is 0 Å². The molecule has 1 fully saturated rings. The van der Waals surface area contributed by atoms with Gasteiger partial charge in [-0.05, 0) is 95.6 Å². The van der Waals surface area contributed by atoms with Gasteiger partial charge in [-0.1, -0.05) is 48.5 Å². The summed E-state index contributed by atoms with van der Waals surface area (Å²) < 4.78 is 0. The molecule has 1 N–H and O–H groups in total. The third-order valence-electron chi connectivity index (χ3n) is 8.13. The van der Waals surface area contributed by atoms with E-state index in [9.17, 15) is 14.7 Å². The summed E-state index contributed by atoms with van der Waals surface area (Å²) in [6, 6.07) is 21.9. The van der Waals surface area contributed by atoms with Crippen molar-refractivity contribution >= 4 is 34.7 Å². The quantitative estimate of drug-likeness (QED) is 0.313. The Hall–Kier alpha value is -3.87. The van der Waals surface area contributed by atoms with Crippen molar-refractivity contribution in [2.75, 3.05) is 44.2 Å². The van der Waals surface area contributed by atoms with Gasteiger partial charge in [0.25, 0.3) is 0 Å². The number of piperazine rings is 1. The van der Waals surface area contributed by atoms with Crippen molar-refractivity contribution in [1.29, 1.82) is 0 Å². The van der Waals surface area contributed by atoms with Crippen molar-refractivity contribution < 1.29 is 14.7 Å². The minimum Gasteiger partial charge on any atom is -0.478 e. The molecule has 0 saturated carbocycles. The number of aryl methyl sites for hydroxylation is 1. The van der Waals surface area contributed by atoms with Gasteiger partial charge in [0.1, 0.15) is 0 Å². The molecule has 212 valence electrons. The Labute approximate surface area is 247 Å². The number of fused-ring (bicyclic) bond motifs is 1. The molecule has 2 aliphatic rings. The third-order valence-corrected chi connectivity index (χ3v) is 8.38. The Morgan fingerprint density at radius 3 is 2.32 bits per heavy atom. The van der Waals surface area contributed by atoms with Crippen LogP contribution in [-0.4, -0.2) is 66.1 Å². The molecule has 7 heteroatoms. The number of carboxylic acids is 1. The molecular weight excluding hydrogens is 534 g/mol. The van der Waals surface area contributed by atoms with Crippen LogP contribution in [-0.2, 0) is 17.8 Å². The number of nitrogens with zero attached hydrogens (tertiary/aromatic N) is 3. The molecule has 1 heterocycles. The highest BCUT2D eigenvalue weighted by atomic mass is 35.5. The average Bonchev–Trinajstić information content (AvgIpc) is 3.00. The molecule has 0 radical (unpaired) electrons. The number of carbonyl (C=O) groups is 2. The van der Waals surface area contributed by atoms with Crippen LogP contribution in [0.5, 0.6) is 0 Å². The fourth-order valence-corrected chi connectivity index (χ4v) is 6.00. The van der Waals surface area contributed by atoms with Crippen molar-refractivity contribution in [3.63, 3.8) is 0 Å². The highest BCUT2D eigenvalue weighted by Crippen LogP contribution is 2.37. The van der Waals surface area contributed by atoms with E-state index in [1.54, 1.807) is 17.0 Å². The average molecular weight is 570 g/mol. The summed E-state index contributed by atoms with van der Waals surface area (Å²) in [5.41, 5.74) is 8.97. The fraction of sp³-hybridized carbons (Fsp3) is 0.294. The van der Waals surface area contributed by atoms with E-state index in [-0.39, 0.29) is 5.91 Å². The second kappa shape index (κ2) is 12.8. The first-order chi connectivity index (χ1) is 19.9. The van der Waals surface area contributed by atoms with E-state index in [0.717, 1.165) is 61.8 Å². The van der Waals surface area contributed by atoms with Gasteiger partial charge in [-0.25, -0.2) is 4.79 Å². The number of hydrogen-bond acceptors (Lipinski definition) is 4. The van der Waals surface area contributed by atoms with Crippen LogP contribution >= 0.6 is 11.6 Å². The lowest BCUT2D eigenvalue weighted by Crippen LogP contribution is -2.47. The van der Waals surface area contributed by atoms with E-state index < -0.39 is 5.97 Å². The van der Waals surface area contributed by atoms with E-state index in [1.165, 1.54) is 33.9 Å². The first kappa shape index (κ1) is 28.7. The van der Waals surface area contributed by atoms with Crippen LogP contribution in [0.3, 0.4) is 0 Å². The Bertz CT molecular complexity index is 1460. The topological polar surface area (TPSA) is 64.1 Å². The summed E-state index contributed by atoms with van der Waals surface area (Å²) in [6.07, 6.45) is 3.33. The smallest absolute Gasteiger partial charge is 0.335 e. The zero-order valence-corrected chi connectivity index (χ0v) is 24.2. The van der Waals surface area contributed by atoms with Crippen molar-refractivity contribution in [1.82, 2.24) is 9.80 Å². The maximum Gasteiger partial charge on any atom is 0.335 e. The van der Waals surface area contributed by atoms with Gasteiger partial charge >= 0.3 is 5.97 Å². The first-order valence-corrected chi connectivity index (χ1v) is 14.6. The van der Waals surface area contributed by atoms with E-state index in [0.29, 0.717) is 18.7 Å². The summed E-state index contributed by atoms with van der Waals surface area (Å²) >= 11 is 6.25. The number of amides is 1. The summed E-state index contributed by atoms with van der Waals surface area (Å²) in [7, 11) is 0. The molecule has 3 aromatic carbocycles. The van der Waals surface area contributed by atoms with Crippen LogP contribution in [0.1, 0.15) is 46.0 Å². The lowest BCUT2D eigenvalue weighted by molar-refractivity contribution is -0.126. The Morgan fingerprint density at radius 2 is 1.68 bits per heavy atom. The van der Waals surface area contributed by atoms with Crippen LogP contribution < -0.4 is 4.90 Å². The number of benzene rings is 3. The Kier molecular flexibility index (Phi) is 8.91. The molecule has 1 saturated heterocycles. The van der Waals surface area contributed by atoms with Crippen LogP contribution in [0.4, 0.5) is 5.69 Å². The van der Waals surface area contributed by atoms with E-state index in [4.69, 9.17) is 11.6 Å². The maximum atomic E-state index is 12.2. The molecule has 0 spiro atoms. The summed E-state index contributed by atoms with van der Waals surface area (Å²) in [4.78, 5) is 30.1. The molecular formula is C34H36ClN3O3. The normalized spacial score (nSPS) is 15.4. The zero-order chi connectivity index (χ0) is 28.9. The zero-order valence-electron chi connectivity index (χ0n) is 23.5. The van der Waals surface area contributed by atoms with E-state index in [2.05, 4.69) is 46.7 Å². The van der Waals surface area contributed by atoms with Gasteiger partial charge < -0.3 is 14.9 Å².